The maximum Gasteiger partial charge on any atom is 0.407 e. The van der Waals surface area contributed by atoms with Gasteiger partial charge in [0.2, 0.25) is 0 Å². The quantitative estimate of drug-likeness (QED) is 0.675. The third kappa shape index (κ3) is 6.29. The van der Waals surface area contributed by atoms with Crippen LogP contribution in [0.1, 0.15) is 24.0 Å². The smallest absolute Gasteiger partial charge is 0.407 e. The first-order chi connectivity index (χ1) is 14.0. The number of aliphatic carboxylic acids is 1. The Hall–Kier alpha value is -2.93. The second kappa shape index (κ2) is 10.0. The molecule has 0 spiro atoms. The zero-order valence-corrected chi connectivity index (χ0v) is 16.5. The van der Waals surface area contributed by atoms with Gasteiger partial charge in [0.1, 0.15) is 19.8 Å². The fourth-order valence-electron chi connectivity index (χ4n) is 3.02. The molecule has 2 N–H and O–H groups in total. The van der Waals surface area contributed by atoms with Gasteiger partial charge < -0.3 is 24.6 Å². The number of amides is 1. The number of carboxylic acid groups (broad SMARTS) is 1. The largest absolute Gasteiger partial charge is 0.486 e. The predicted octanol–water partition coefficient (Wildman–Crippen LogP) is 3.81. The van der Waals surface area contributed by atoms with Crippen molar-refractivity contribution < 1.29 is 28.9 Å². The van der Waals surface area contributed by atoms with Gasteiger partial charge in [-0.05, 0) is 36.1 Å². The Kier molecular flexibility index (Phi) is 7.19. The molecule has 29 heavy (non-hydrogen) atoms. The second-order valence-electron chi connectivity index (χ2n) is 6.64. The summed E-state index contributed by atoms with van der Waals surface area (Å²) in [7, 11) is 0. The van der Waals surface area contributed by atoms with Crippen LogP contribution in [0.15, 0.2) is 42.5 Å². The minimum atomic E-state index is -0.936. The Morgan fingerprint density at radius 1 is 1.14 bits per heavy atom. The van der Waals surface area contributed by atoms with Crippen LogP contribution in [-0.4, -0.2) is 36.4 Å². The van der Waals surface area contributed by atoms with Gasteiger partial charge in [-0.3, -0.25) is 4.79 Å². The summed E-state index contributed by atoms with van der Waals surface area (Å²) < 4.78 is 16.3. The van der Waals surface area contributed by atoms with Crippen molar-refractivity contribution in [3.05, 3.63) is 58.6 Å². The van der Waals surface area contributed by atoms with Crippen LogP contribution < -0.4 is 14.8 Å². The second-order valence-corrected chi connectivity index (χ2v) is 7.05. The fourth-order valence-corrected chi connectivity index (χ4v) is 3.31. The topological polar surface area (TPSA) is 94.1 Å². The van der Waals surface area contributed by atoms with E-state index in [0.717, 1.165) is 11.1 Å². The van der Waals surface area contributed by atoms with E-state index in [1.165, 1.54) is 0 Å². The van der Waals surface area contributed by atoms with Crippen molar-refractivity contribution in [1.82, 2.24) is 5.32 Å². The maximum absolute atomic E-state index is 12.2. The number of nitrogens with one attached hydrogen (secondary N) is 1. The molecule has 0 radical (unpaired) electrons. The molecule has 7 nitrogen and oxygen atoms in total. The Morgan fingerprint density at radius 3 is 2.66 bits per heavy atom. The Bertz CT molecular complexity index is 858. The zero-order chi connectivity index (χ0) is 20.6. The lowest BCUT2D eigenvalue weighted by Crippen LogP contribution is -2.37. The third-order valence-corrected chi connectivity index (χ3v) is 4.66. The molecule has 0 saturated carbocycles. The van der Waals surface area contributed by atoms with Crippen LogP contribution >= 0.6 is 11.6 Å². The van der Waals surface area contributed by atoms with E-state index in [9.17, 15) is 9.59 Å². The predicted molar refractivity (Wildman–Crippen MR) is 107 cm³/mol. The highest BCUT2D eigenvalue weighted by Gasteiger charge is 2.20. The van der Waals surface area contributed by atoms with Crippen molar-refractivity contribution >= 4 is 23.7 Å². The van der Waals surface area contributed by atoms with Crippen LogP contribution in [0.2, 0.25) is 5.02 Å². The first-order valence-electron chi connectivity index (χ1n) is 9.28. The van der Waals surface area contributed by atoms with Crippen LogP contribution in [-0.2, 0) is 22.6 Å². The molecule has 1 atom stereocenters. The lowest BCUT2D eigenvalue weighted by atomic mass is 10.0. The van der Waals surface area contributed by atoms with Gasteiger partial charge in [-0.25, -0.2) is 4.79 Å². The van der Waals surface area contributed by atoms with E-state index < -0.39 is 18.1 Å². The van der Waals surface area contributed by atoms with Gasteiger partial charge in [-0.1, -0.05) is 41.9 Å². The van der Waals surface area contributed by atoms with E-state index in [1.807, 2.05) is 30.3 Å². The summed E-state index contributed by atoms with van der Waals surface area (Å²) in [5, 5.41) is 12.2. The molecule has 2 aromatic carbocycles. The fraction of sp³-hybridized carbons (Fsp3) is 0.333. The van der Waals surface area contributed by atoms with Crippen molar-refractivity contribution in [3.63, 3.8) is 0 Å². The Morgan fingerprint density at radius 2 is 1.90 bits per heavy atom. The van der Waals surface area contributed by atoms with Crippen LogP contribution in [0.4, 0.5) is 4.79 Å². The average molecular weight is 420 g/mol. The molecule has 3 rings (SSSR count). The zero-order valence-electron chi connectivity index (χ0n) is 15.7. The number of benzene rings is 2. The molecule has 0 fully saturated rings. The average Bonchev–Trinajstić information content (AvgIpc) is 2.71. The molecular formula is C21H22ClNO6. The molecule has 2 aromatic rings. The number of carbonyl (C=O) groups is 2. The van der Waals surface area contributed by atoms with Crippen molar-refractivity contribution in [2.75, 3.05) is 13.2 Å². The van der Waals surface area contributed by atoms with Gasteiger partial charge in [0.05, 0.1) is 5.02 Å². The van der Waals surface area contributed by atoms with Gasteiger partial charge in [0.15, 0.2) is 11.5 Å². The summed E-state index contributed by atoms with van der Waals surface area (Å²) in [6.45, 7) is 0.996. The molecule has 1 heterocycles. The highest BCUT2D eigenvalue weighted by molar-refractivity contribution is 6.32. The van der Waals surface area contributed by atoms with Gasteiger partial charge in [0.25, 0.3) is 0 Å². The summed E-state index contributed by atoms with van der Waals surface area (Å²) in [6, 6.07) is 12.4. The van der Waals surface area contributed by atoms with E-state index in [1.54, 1.807) is 12.1 Å². The molecule has 0 aromatic heterocycles. The number of carboxylic acids is 1. The van der Waals surface area contributed by atoms with Crippen LogP contribution in [0.3, 0.4) is 0 Å². The number of carbonyl (C=O) groups excluding carboxylic acids is 1. The number of hydrogen-bond donors (Lipinski definition) is 2. The van der Waals surface area contributed by atoms with E-state index in [-0.39, 0.29) is 19.4 Å². The lowest BCUT2D eigenvalue weighted by Gasteiger charge is -2.22. The summed E-state index contributed by atoms with van der Waals surface area (Å²) in [6.07, 6.45) is -0.0544. The highest BCUT2D eigenvalue weighted by atomic mass is 35.5. The van der Waals surface area contributed by atoms with Crippen molar-refractivity contribution in [3.8, 4) is 11.5 Å². The highest BCUT2D eigenvalue weighted by Crippen LogP contribution is 2.38. The normalized spacial score (nSPS) is 13.4. The SMILES string of the molecule is O=C(O)CCC(Cc1cc(Cl)c2c(c1)OCCO2)NC(=O)OCc1ccccc1. The number of rotatable bonds is 8. The van der Waals surface area contributed by atoms with E-state index >= 15 is 0 Å². The Labute approximate surface area is 173 Å². The summed E-state index contributed by atoms with van der Waals surface area (Å²) >= 11 is 6.27. The van der Waals surface area contributed by atoms with E-state index in [0.29, 0.717) is 36.2 Å². The number of hydrogen-bond acceptors (Lipinski definition) is 5. The standard InChI is InChI=1S/C21H22ClNO6/c22-17-11-15(12-18-20(17)28-9-8-27-18)10-16(6-7-19(24)25)23-21(26)29-13-14-4-2-1-3-5-14/h1-5,11-12,16H,6-10,13H2,(H,23,26)(H,24,25). The van der Waals surface area contributed by atoms with E-state index in [2.05, 4.69) is 5.32 Å². The molecule has 1 amide bonds. The van der Waals surface area contributed by atoms with Crippen molar-refractivity contribution in [2.45, 2.75) is 31.9 Å². The summed E-state index contributed by atoms with van der Waals surface area (Å²) in [5.74, 6) is 0.107. The molecule has 154 valence electrons. The molecule has 1 aliphatic rings. The number of ether oxygens (including phenoxy) is 3. The first-order valence-corrected chi connectivity index (χ1v) is 9.66. The molecular weight excluding hydrogens is 398 g/mol. The van der Waals surface area contributed by atoms with Crippen LogP contribution in [0.5, 0.6) is 11.5 Å². The van der Waals surface area contributed by atoms with Crippen LogP contribution in [0, 0.1) is 0 Å². The number of fused-ring (bicyclic) bond motifs is 1. The molecule has 0 aliphatic carbocycles. The van der Waals surface area contributed by atoms with E-state index in [4.69, 9.17) is 30.9 Å². The summed E-state index contributed by atoms with van der Waals surface area (Å²) in [4.78, 5) is 23.2. The number of alkyl carbamates (subject to hydrolysis) is 1. The summed E-state index contributed by atoms with van der Waals surface area (Å²) in [5.41, 5.74) is 1.67. The van der Waals surface area contributed by atoms with Gasteiger partial charge in [0, 0.05) is 12.5 Å². The molecule has 8 heteroatoms. The molecule has 1 unspecified atom stereocenters. The Balaban J connectivity index is 1.64. The maximum atomic E-state index is 12.2. The third-order valence-electron chi connectivity index (χ3n) is 4.38. The molecule has 1 aliphatic heterocycles. The van der Waals surface area contributed by atoms with Gasteiger partial charge >= 0.3 is 12.1 Å². The minimum absolute atomic E-state index is 0.0814. The van der Waals surface area contributed by atoms with Crippen molar-refractivity contribution in [1.29, 1.82) is 0 Å². The minimum Gasteiger partial charge on any atom is -0.486 e. The van der Waals surface area contributed by atoms with Gasteiger partial charge in [-0.2, -0.15) is 0 Å². The molecule has 0 saturated heterocycles. The lowest BCUT2D eigenvalue weighted by molar-refractivity contribution is -0.137. The van der Waals surface area contributed by atoms with Gasteiger partial charge in [-0.15, -0.1) is 0 Å². The van der Waals surface area contributed by atoms with Crippen molar-refractivity contribution in [2.24, 2.45) is 0 Å². The number of halogens is 1. The monoisotopic (exact) mass is 419 g/mol. The van der Waals surface area contributed by atoms with Crippen LogP contribution in [0.25, 0.3) is 0 Å². The first kappa shape index (κ1) is 20.8. The molecule has 0 bridgehead atoms.